The molecule has 0 atom stereocenters. The van der Waals surface area contributed by atoms with Crippen molar-refractivity contribution in [2.75, 3.05) is 26.7 Å². The van der Waals surface area contributed by atoms with Crippen molar-refractivity contribution in [1.82, 2.24) is 10.2 Å². The number of ether oxygens (including phenoxy) is 1. The number of rotatable bonds is 2. The fraction of sp³-hybridized carbons (Fsp3) is 0.769. The zero-order valence-corrected chi connectivity index (χ0v) is 12.4. The Morgan fingerprint density at radius 2 is 1.68 bits per heavy atom. The molecule has 6 nitrogen and oxygen atoms in total. The first-order valence-corrected chi connectivity index (χ1v) is 6.56. The van der Waals surface area contributed by atoms with Crippen molar-refractivity contribution in [3.05, 3.63) is 0 Å². The van der Waals surface area contributed by atoms with Crippen LogP contribution in [0.25, 0.3) is 0 Å². The van der Waals surface area contributed by atoms with E-state index >= 15 is 0 Å². The van der Waals surface area contributed by atoms with Gasteiger partial charge in [0.05, 0.1) is 7.11 Å². The Morgan fingerprint density at radius 1 is 1.26 bits per heavy atom. The average molecular weight is 274 g/mol. The number of likely N-dealkylation sites (tertiary alicyclic amines) is 1. The van der Waals surface area contributed by atoms with Crippen LogP contribution in [-0.2, 0) is 14.3 Å². The molecule has 0 aromatic rings. The van der Waals surface area contributed by atoms with Crippen LogP contribution in [0, 0.1) is 0 Å². The minimum absolute atomic E-state index is 0.0344. The molecule has 0 radical (unpaired) electrons. The molecule has 19 heavy (non-hydrogen) atoms. The molecule has 1 heterocycles. The molecule has 0 aliphatic carbocycles. The Labute approximate surface area is 115 Å². The zero-order valence-electron chi connectivity index (χ0n) is 12.4. The van der Waals surface area contributed by atoms with Crippen molar-refractivity contribution in [2.45, 2.75) is 40.0 Å². The van der Waals surface area contributed by atoms with Crippen LogP contribution in [0.2, 0.25) is 0 Å². The molecule has 0 saturated carbocycles. The van der Waals surface area contributed by atoms with E-state index in [1.165, 1.54) is 20.5 Å². The third kappa shape index (κ3) is 12.7. The second kappa shape index (κ2) is 14.5. The van der Waals surface area contributed by atoms with E-state index in [1.54, 1.807) is 4.90 Å². The van der Waals surface area contributed by atoms with E-state index in [-0.39, 0.29) is 12.5 Å². The van der Waals surface area contributed by atoms with Crippen LogP contribution >= 0.6 is 0 Å². The van der Waals surface area contributed by atoms with Crippen LogP contribution in [0.15, 0.2) is 0 Å². The highest BCUT2D eigenvalue weighted by Crippen LogP contribution is 2.06. The lowest BCUT2D eigenvalue weighted by molar-refractivity contribution is -0.129. The van der Waals surface area contributed by atoms with Gasteiger partial charge in [0, 0.05) is 13.1 Å². The first-order chi connectivity index (χ1) is 9.06. The summed E-state index contributed by atoms with van der Waals surface area (Å²) in [5.41, 5.74) is 0. The number of hydrogen-bond donors (Lipinski definition) is 1. The van der Waals surface area contributed by atoms with Crippen molar-refractivity contribution in [3.8, 4) is 0 Å². The van der Waals surface area contributed by atoms with Crippen molar-refractivity contribution in [1.29, 1.82) is 0 Å². The lowest BCUT2D eigenvalue weighted by Gasteiger charge is -2.14. The van der Waals surface area contributed by atoms with Gasteiger partial charge in [-0.15, -0.1) is 0 Å². The molecule has 1 saturated heterocycles. The van der Waals surface area contributed by atoms with Gasteiger partial charge in [0.25, 0.3) is 0 Å². The topological polar surface area (TPSA) is 75.7 Å². The molecule has 6 heteroatoms. The van der Waals surface area contributed by atoms with E-state index in [2.05, 4.69) is 23.9 Å². The van der Waals surface area contributed by atoms with E-state index < -0.39 is 6.09 Å². The second-order valence-electron chi connectivity index (χ2n) is 3.88. The quantitative estimate of drug-likeness (QED) is 0.776. The van der Waals surface area contributed by atoms with Crippen molar-refractivity contribution in [2.24, 2.45) is 0 Å². The predicted molar refractivity (Wildman–Crippen MR) is 73.9 cm³/mol. The summed E-state index contributed by atoms with van der Waals surface area (Å²) in [6, 6.07) is 0. The fourth-order valence-electron chi connectivity index (χ4n) is 1.30. The van der Waals surface area contributed by atoms with E-state index in [4.69, 9.17) is 4.79 Å². The minimum Gasteiger partial charge on any atom is -0.453 e. The molecular formula is C13H26N2O4. The van der Waals surface area contributed by atoms with Crippen LogP contribution < -0.4 is 5.32 Å². The molecule has 1 aliphatic rings. The average Bonchev–Trinajstić information content (AvgIpc) is 2.91. The summed E-state index contributed by atoms with van der Waals surface area (Å²) in [7, 11) is 1.27. The minimum atomic E-state index is -0.562. The van der Waals surface area contributed by atoms with Gasteiger partial charge >= 0.3 is 6.09 Å². The fourth-order valence-corrected chi connectivity index (χ4v) is 1.30. The maximum absolute atomic E-state index is 11.3. The maximum Gasteiger partial charge on any atom is 0.407 e. The summed E-state index contributed by atoms with van der Waals surface area (Å²) in [5.74, 6) is -0.0390. The van der Waals surface area contributed by atoms with E-state index in [1.807, 2.05) is 0 Å². The van der Waals surface area contributed by atoms with E-state index in [9.17, 15) is 9.59 Å². The number of hydrogen-bond acceptors (Lipinski definition) is 4. The predicted octanol–water partition coefficient (Wildman–Crippen LogP) is 1.59. The zero-order chi connectivity index (χ0) is 15.1. The first kappa shape index (κ1) is 19.7. The standard InChI is InChI=1S/C8H14N2O3.C3H8.C2H4O/c1-13-8(12)9-6-7(11)10-4-2-3-5-10;1-3-2;1-2-3/h2-6H2,1H3,(H,9,12);3H2,1-2H3;2H,1H3. The highest BCUT2D eigenvalue weighted by molar-refractivity contribution is 5.82. The Hall–Kier alpha value is -1.59. The molecule has 1 N–H and O–H groups in total. The molecular weight excluding hydrogens is 248 g/mol. The number of methoxy groups -OCH3 is 1. The molecule has 0 bridgehead atoms. The Balaban J connectivity index is 0. The van der Waals surface area contributed by atoms with E-state index in [0.717, 1.165) is 32.2 Å². The molecule has 1 aliphatic heterocycles. The van der Waals surface area contributed by atoms with Gasteiger partial charge in [0.1, 0.15) is 12.8 Å². The molecule has 0 aromatic heterocycles. The van der Waals surface area contributed by atoms with Gasteiger partial charge in [0.2, 0.25) is 5.91 Å². The van der Waals surface area contributed by atoms with Gasteiger partial charge in [-0.2, -0.15) is 0 Å². The van der Waals surface area contributed by atoms with Crippen LogP contribution in [0.1, 0.15) is 40.0 Å². The molecule has 1 rings (SSSR count). The molecule has 2 amide bonds. The van der Waals surface area contributed by atoms with E-state index in [0.29, 0.717) is 0 Å². The normalized spacial score (nSPS) is 12.3. The largest absolute Gasteiger partial charge is 0.453 e. The van der Waals surface area contributed by atoms with Crippen LogP contribution in [-0.4, -0.2) is 49.9 Å². The Bertz CT molecular complexity index is 251. The number of amides is 2. The van der Waals surface area contributed by atoms with Gasteiger partial charge in [-0.1, -0.05) is 20.3 Å². The van der Waals surface area contributed by atoms with Gasteiger partial charge < -0.3 is 19.7 Å². The molecule has 1 fully saturated rings. The number of carbonyl (C=O) groups is 3. The number of nitrogens with one attached hydrogen (secondary N) is 1. The molecule has 0 unspecified atom stereocenters. The summed E-state index contributed by atoms with van der Waals surface area (Å²) >= 11 is 0. The summed E-state index contributed by atoms with van der Waals surface area (Å²) < 4.78 is 4.34. The molecule has 112 valence electrons. The van der Waals surface area contributed by atoms with Crippen LogP contribution in [0.5, 0.6) is 0 Å². The summed E-state index contributed by atoms with van der Waals surface area (Å²) in [6.45, 7) is 7.34. The number of nitrogens with zero attached hydrogens (tertiary/aromatic N) is 1. The summed E-state index contributed by atoms with van der Waals surface area (Å²) in [5, 5.41) is 2.36. The second-order valence-corrected chi connectivity index (χ2v) is 3.88. The molecule has 0 spiro atoms. The summed E-state index contributed by atoms with van der Waals surface area (Å²) in [4.78, 5) is 32.5. The Kier molecular flexibility index (Phi) is 15.0. The SMILES string of the molecule is CC=O.CCC.COC(=O)NCC(=O)N1CCCC1. The highest BCUT2D eigenvalue weighted by atomic mass is 16.5. The van der Waals surface area contributed by atoms with Crippen LogP contribution in [0.4, 0.5) is 4.79 Å². The number of carbonyl (C=O) groups excluding carboxylic acids is 3. The van der Waals surface area contributed by atoms with Gasteiger partial charge in [-0.05, 0) is 19.8 Å². The van der Waals surface area contributed by atoms with Crippen molar-refractivity contribution in [3.63, 3.8) is 0 Å². The number of alkyl carbamates (subject to hydrolysis) is 1. The van der Waals surface area contributed by atoms with Gasteiger partial charge in [-0.3, -0.25) is 4.79 Å². The highest BCUT2D eigenvalue weighted by Gasteiger charge is 2.17. The van der Waals surface area contributed by atoms with Crippen molar-refractivity contribution < 1.29 is 19.1 Å². The van der Waals surface area contributed by atoms with Gasteiger partial charge in [-0.25, -0.2) is 4.79 Å². The number of aldehydes is 1. The third-order valence-electron chi connectivity index (χ3n) is 2.03. The van der Waals surface area contributed by atoms with Crippen LogP contribution in [0.3, 0.4) is 0 Å². The lowest BCUT2D eigenvalue weighted by Crippen LogP contribution is -2.38. The summed E-state index contributed by atoms with van der Waals surface area (Å²) in [6.07, 6.45) is 3.56. The monoisotopic (exact) mass is 274 g/mol. The smallest absolute Gasteiger partial charge is 0.407 e. The van der Waals surface area contributed by atoms with Gasteiger partial charge in [0.15, 0.2) is 0 Å². The third-order valence-corrected chi connectivity index (χ3v) is 2.03. The van der Waals surface area contributed by atoms with Crippen molar-refractivity contribution >= 4 is 18.3 Å². The Morgan fingerprint density at radius 3 is 2.05 bits per heavy atom. The molecule has 0 aromatic carbocycles. The lowest BCUT2D eigenvalue weighted by atomic mass is 10.4. The maximum atomic E-state index is 11.3. The first-order valence-electron chi connectivity index (χ1n) is 6.56.